The zero-order valence-electron chi connectivity index (χ0n) is 15.0. The van der Waals surface area contributed by atoms with Crippen LogP contribution in [0.4, 0.5) is 5.69 Å². The molecule has 0 fully saturated rings. The maximum absolute atomic E-state index is 3.65. The Morgan fingerprint density at radius 2 is 0.741 bits per heavy atom. The summed E-state index contributed by atoms with van der Waals surface area (Å²) in [5.74, 6) is 0. The molecule has 0 spiro atoms. The molecule has 0 heterocycles. The van der Waals surface area contributed by atoms with Crippen LogP contribution in [0.1, 0.15) is 16.7 Å². The average Bonchev–Trinajstić information content (AvgIpc) is 2.77. The number of para-hydroxylation sites is 1. The summed E-state index contributed by atoms with van der Waals surface area (Å²) in [4.78, 5) is 0. The van der Waals surface area contributed by atoms with Crippen molar-refractivity contribution in [3.8, 4) is 0 Å². The van der Waals surface area contributed by atoms with Crippen molar-refractivity contribution >= 4 is 5.69 Å². The molecule has 2 heteroatoms. The van der Waals surface area contributed by atoms with E-state index in [1.54, 1.807) is 0 Å². The van der Waals surface area contributed by atoms with Crippen molar-refractivity contribution in [3.63, 3.8) is 0 Å². The minimum atomic E-state index is -0.528. The Morgan fingerprint density at radius 3 is 1.11 bits per heavy atom. The number of anilines is 1. The lowest BCUT2D eigenvalue weighted by Crippen LogP contribution is -2.47. The summed E-state index contributed by atoms with van der Waals surface area (Å²) in [7, 11) is 0. The van der Waals surface area contributed by atoms with E-state index in [0.717, 1.165) is 5.69 Å². The Labute approximate surface area is 160 Å². The minimum absolute atomic E-state index is 0.528. The van der Waals surface area contributed by atoms with Crippen LogP contribution in [-0.4, -0.2) is 0 Å². The summed E-state index contributed by atoms with van der Waals surface area (Å²) < 4.78 is 0. The topological polar surface area (TPSA) is 24.1 Å². The van der Waals surface area contributed by atoms with Gasteiger partial charge in [0.05, 0.1) is 0 Å². The molecule has 0 aliphatic carbocycles. The van der Waals surface area contributed by atoms with Gasteiger partial charge in [0.1, 0.15) is 5.54 Å². The van der Waals surface area contributed by atoms with Gasteiger partial charge in [0.15, 0.2) is 0 Å². The van der Waals surface area contributed by atoms with E-state index in [4.69, 9.17) is 0 Å². The second-order valence-electron chi connectivity index (χ2n) is 6.46. The van der Waals surface area contributed by atoms with Gasteiger partial charge in [-0.05, 0) is 28.8 Å². The number of hydrazine groups is 1. The average molecular weight is 350 g/mol. The van der Waals surface area contributed by atoms with E-state index >= 15 is 0 Å². The lowest BCUT2D eigenvalue weighted by atomic mass is 9.77. The Balaban J connectivity index is 1.89. The monoisotopic (exact) mass is 350 g/mol. The molecule has 132 valence electrons. The van der Waals surface area contributed by atoms with Crippen LogP contribution in [-0.2, 0) is 5.54 Å². The minimum Gasteiger partial charge on any atom is -0.320 e. The fourth-order valence-corrected chi connectivity index (χ4v) is 3.47. The van der Waals surface area contributed by atoms with Crippen LogP contribution >= 0.6 is 0 Å². The zero-order valence-corrected chi connectivity index (χ0v) is 15.0. The van der Waals surface area contributed by atoms with Gasteiger partial charge in [-0.2, -0.15) is 0 Å². The fourth-order valence-electron chi connectivity index (χ4n) is 3.47. The maximum atomic E-state index is 3.65. The first kappa shape index (κ1) is 17.1. The number of benzene rings is 4. The van der Waals surface area contributed by atoms with Crippen LogP contribution in [0.25, 0.3) is 0 Å². The van der Waals surface area contributed by atoms with Crippen molar-refractivity contribution in [1.29, 1.82) is 0 Å². The van der Waals surface area contributed by atoms with E-state index in [1.807, 2.05) is 18.2 Å². The Kier molecular flexibility index (Phi) is 4.99. The summed E-state index contributed by atoms with van der Waals surface area (Å²) in [6, 6.07) is 41.8. The predicted molar refractivity (Wildman–Crippen MR) is 112 cm³/mol. The first-order chi connectivity index (χ1) is 13.4. The van der Waals surface area contributed by atoms with E-state index in [-0.39, 0.29) is 0 Å². The van der Waals surface area contributed by atoms with Crippen molar-refractivity contribution in [3.05, 3.63) is 138 Å². The molecule has 2 nitrogen and oxygen atoms in total. The van der Waals surface area contributed by atoms with Crippen LogP contribution in [0, 0.1) is 0 Å². The normalized spacial score (nSPS) is 11.1. The lowest BCUT2D eigenvalue weighted by Gasteiger charge is -2.37. The van der Waals surface area contributed by atoms with Gasteiger partial charge in [-0.15, -0.1) is 0 Å². The number of hydrogen-bond acceptors (Lipinski definition) is 2. The summed E-state index contributed by atoms with van der Waals surface area (Å²) in [5, 5.41) is 0. The highest BCUT2D eigenvalue weighted by Crippen LogP contribution is 2.36. The molecule has 0 bridgehead atoms. The van der Waals surface area contributed by atoms with E-state index in [0.29, 0.717) is 0 Å². The molecule has 0 radical (unpaired) electrons. The number of nitrogens with one attached hydrogen (secondary N) is 2. The van der Waals surface area contributed by atoms with E-state index in [1.165, 1.54) is 16.7 Å². The summed E-state index contributed by atoms with van der Waals surface area (Å²) >= 11 is 0. The standard InChI is InChI=1S/C25H22N2/c1-5-13-21(14-6-1)25(22-15-7-2-8-16-22,23-17-9-3-10-18-23)27-26-24-19-11-4-12-20-24/h1-20,26-27H. The first-order valence-electron chi connectivity index (χ1n) is 9.14. The molecule has 0 unspecified atom stereocenters. The van der Waals surface area contributed by atoms with Crippen LogP contribution in [0.5, 0.6) is 0 Å². The summed E-state index contributed by atoms with van der Waals surface area (Å²) in [6.07, 6.45) is 0. The Bertz CT molecular complexity index is 855. The van der Waals surface area contributed by atoms with Gasteiger partial charge in [0.25, 0.3) is 0 Å². The van der Waals surface area contributed by atoms with Crippen LogP contribution in [0.15, 0.2) is 121 Å². The van der Waals surface area contributed by atoms with Crippen LogP contribution in [0.2, 0.25) is 0 Å². The summed E-state index contributed by atoms with van der Waals surface area (Å²) in [6.45, 7) is 0. The van der Waals surface area contributed by atoms with Gasteiger partial charge in [0.2, 0.25) is 0 Å². The first-order valence-corrected chi connectivity index (χ1v) is 9.14. The molecular weight excluding hydrogens is 328 g/mol. The molecule has 0 aliphatic rings. The Hall–Kier alpha value is -3.36. The molecule has 0 atom stereocenters. The molecule has 0 saturated carbocycles. The van der Waals surface area contributed by atoms with Gasteiger partial charge in [-0.25, -0.2) is 5.43 Å². The SMILES string of the molecule is c1ccc(NNC(c2ccccc2)(c2ccccc2)c2ccccc2)cc1. The molecule has 4 aromatic carbocycles. The van der Waals surface area contributed by atoms with E-state index < -0.39 is 5.54 Å². The third-order valence-electron chi connectivity index (χ3n) is 4.79. The van der Waals surface area contributed by atoms with Crippen molar-refractivity contribution in [1.82, 2.24) is 5.43 Å². The van der Waals surface area contributed by atoms with E-state index in [2.05, 4.69) is 114 Å². The lowest BCUT2D eigenvalue weighted by molar-refractivity contribution is 0.520. The summed E-state index contributed by atoms with van der Waals surface area (Å²) in [5.41, 5.74) is 11.1. The van der Waals surface area contributed by atoms with Crippen molar-refractivity contribution in [2.45, 2.75) is 5.54 Å². The second-order valence-corrected chi connectivity index (χ2v) is 6.46. The fraction of sp³-hybridized carbons (Fsp3) is 0.0400. The Morgan fingerprint density at radius 1 is 0.407 bits per heavy atom. The molecule has 0 aliphatic heterocycles. The highest BCUT2D eigenvalue weighted by molar-refractivity contribution is 5.51. The highest BCUT2D eigenvalue weighted by atomic mass is 15.4. The van der Waals surface area contributed by atoms with Crippen molar-refractivity contribution in [2.24, 2.45) is 0 Å². The molecule has 0 saturated heterocycles. The molecule has 0 amide bonds. The highest BCUT2D eigenvalue weighted by Gasteiger charge is 2.36. The van der Waals surface area contributed by atoms with Crippen molar-refractivity contribution < 1.29 is 0 Å². The molecule has 27 heavy (non-hydrogen) atoms. The van der Waals surface area contributed by atoms with Gasteiger partial charge in [-0.3, -0.25) is 0 Å². The zero-order chi connectivity index (χ0) is 18.4. The number of rotatable bonds is 6. The van der Waals surface area contributed by atoms with Gasteiger partial charge in [-0.1, -0.05) is 109 Å². The molecule has 4 aromatic rings. The third-order valence-corrected chi connectivity index (χ3v) is 4.79. The molecule has 0 aromatic heterocycles. The maximum Gasteiger partial charge on any atom is 0.112 e. The largest absolute Gasteiger partial charge is 0.320 e. The van der Waals surface area contributed by atoms with Gasteiger partial charge < -0.3 is 5.43 Å². The smallest absolute Gasteiger partial charge is 0.112 e. The van der Waals surface area contributed by atoms with Crippen LogP contribution in [0.3, 0.4) is 0 Å². The van der Waals surface area contributed by atoms with Gasteiger partial charge in [0, 0.05) is 5.69 Å². The predicted octanol–water partition coefficient (Wildman–Crippen LogP) is 5.60. The quantitative estimate of drug-likeness (QED) is 0.350. The van der Waals surface area contributed by atoms with Gasteiger partial charge >= 0.3 is 0 Å². The van der Waals surface area contributed by atoms with Crippen molar-refractivity contribution in [2.75, 3.05) is 5.43 Å². The molecule has 2 N–H and O–H groups in total. The van der Waals surface area contributed by atoms with Crippen LogP contribution < -0.4 is 10.9 Å². The third kappa shape index (κ3) is 3.48. The second kappa shape index (κ2) is 7.90. The molecule has 4 rings (SSSR count). The van der Waals surface area contributed by atoms with E-state index in [9.17, 15) is 0 Å². The number of hydrogen-bond donors (Lipinski definition) is 2. The molecular formula is C25H22N2.